The van der Waals surface area contributed by atoms with Gasteiger partial charge in [0.15, 0.2) is 6.10 Å². The van der Waals surface area contributed by atoms with Gasteiger partial charge in [0, 0.05) is 30.4 Å². The van der Waals surface area contributed by atoms with Crippen LogP contribution in [0.15, 0.2) is 61.1 Å². The number of aliphatic hydroxyl groups excluding tert-OH is 1. The van der Waals surface area contributed by atoms with Gasteiger partial charge in [-0.2, -0.15) is 10.4 Å². The van der Waals surface area contributed by atoms with Gasteiger partial charge in [-0.05, 0) is 49.2 Å². The highest BCUT2D eigenvalue weighted by Crippen LogP contribution is 2.37. The van der Waals surface area contributed by atoms with Crippen LogP contribution in [-0.2, 0) is 4.79 Å². The molecule has 10 heteroatoms. The topological polar surface area (TPSA) is 107 Å². The molecule has 3 aliphatic heterocycles. The van der Waals surface area contributed by atoms with E-state index in [0.29, 0.717) is 42.1 Å². The molecule has 1 aromatic carbocycles. The van der Waals surface area contributed by atoms with Crippen LogP contribution in [0.25, 0.3) is 16.6 Å². The predicted molar refractivity (Wildman–Crippen MR) is 137 cm³/mol. The number of carbonyl (C=O) groups excluding carboxylic acids is 1. The molecule has 3 unspecified atom stereocenters. The van der Waals surface area contributed by atoms with Gasteiger partial charge in [0.25, 0.3) is 5.91 Å². The number of piperazine rings is 1. The van der Waals surface area contributed by atoms with Gasteiger partial charge in [-0.3, -0.25) is 4.79 Å². The molecule has 0 saturated carbocycles. The summed E-state index contributed by atoms with van der Waals surface area (Å²) < 4.78 is 20.6. The number of halogens is 1. The molecule has 3 saturated heterocycles. The second-order valence-electron chi connectivity index (χ2n) is 9.54. The molecule has 1 N–H and O–H groups in total. The van der Waals surface area contributed by atoms with Crippen molar-refractivity contribution in [2.75, 3.05) is 24.6 Å². The minimum Gasteiger partial charge on any atom is -0.492 e. The minimum atomic E-state index is -1.31. The maximum absolute atomic E-state index is 13.2. The van der Waals surface area contributed by atoms with Crippen LogP contribution in [0.3, 0.4) is 0 Å². The fourth-order valence-electron chi connectivity index (χ4n) is 5.46. The summed E-state index contributed by atoms with van der Waals surface area (Å²) in [6, 6.07) is 13.3. The summed E-state index contributed by atoms with van der Waals surface area (Å²) in [5.74, 6) is 0.676. The molecule has 1 amide bonds. The maximum atomic E-state index is 13.2. The van der Waals surface area contributed by atoms with Crippen LogP contribution in [0.4, 0.5) is 10.2 Å². The zero-order valence-electron chi connectivity index (χ0n) is 20.7. The molecule has 3 fully saturated rings. The van der Waals surface area contributed by atoms with Gasteiger partial charge in [0.05, 0.1) is 42.2 Å². The SMILES string of the molecule is CCOc1cc(-c2ccc(N3CC4CC(C3)N4C(=O)C(O)c3ccc(F)cc3)nc2)c2c(C#N)cnn2c1. The van der Waals surface area contributed by atoms with Crippen molar-refractivity contribution < 1.29 is 19.0 Å². The van der Waals surface area contributed by atoms with Gasteiger partial charge in [-0.15, -0.1) is 0 Å². The Bertz CT molecular complexity index is 1530. The molecule has 0 aliphatic carbocycles. The molecule has 192 valence electrons. The summed E-state index contributed by atoms with van der Waals surface area (Å²) in [6.45, 7) is 3.63. The van der Waals surface area contributed by atoms with Crippen LogP contribution in [-0.4, -0.2) is 62.3 Å². The van der Waals surface area contributed by atoms with Crippen molar-refractivity contribution >= 4 is 17.2 Å². The van der Waals surface area contributed by atoms with Crippen molar-refractivity contribution in [3.63, 3.8) is 0 Å². The minimum absolute atomic E-state index is 0.0229. The van der Waals surface area contributed by atoms with Crippen LogP contribution >= 0.6 is 0 Å². The van der Waals surface area contributed by atoms with Gasteiger partial charge >= 0.3 is 0 Å². The molecular weight excluding hydrogens is 487 g/mol. The van der Waals surface area contributed by atoms with Crippen LogP contribution in [0.1, 0.15) is 30.6 Å². The smallest absolute Gasteiger partial charge is 0.256 e. The molecule has 2 bridgehead atoms. The number of benzene rings is 1. The summed E-state index contributed by atoms with van der Waals surface area (Å²) in [5, 5.41) is 24.4. The number of hydrogen-bond donors (Lipinski definition) is 1. The third kappa shape index (κ3) is 4.01. The number of amides is 1. The number of piperidine rings is 1. The second kappa shape index (κ2) is 9.43. The van der Waals surface area contributed by atoms with Crippen molar-refractivity contribution in [1.29, 1.82) is 5.26 Å². The number of hydrogen-bond acceptors (Lipinski definition) is 7. The Morgan fingerprint density at radius 2 is 1.97 bits per heavy atom. The number of carbonyl (C=O) groups is 1. The van der Waals surface area contributed by atoms with Crippen LogP contribution in [0, 0.1) is 17.1 Å². The van der Waals surface area contributed by atoms with Crippen LogP contribution < -0.4 is 9.64 Å². The molecule has 7 rings (SSSR count). The molecular formula is C28H25FN6O3. The van der Waals surface area contributed by atoms with E-state index in [9.17, 15) is 19.6 Å². The number of rotatable bonds is 6. The molecule has 6 heterocycles. The molecule has 3 aliphatic rings. The lowest BCUT2D eigenvalue weighted by atomic mass is 9.86. The normalized spacial score (nSPS) is 19.1. The lowest BCUT2D eigenvalue weighted by molar-refractivity contribution is -0.156. The first-order valence-electron chi connectivity index (χ1n) is 12.5. The van der Waals surface area contributed by atoms with E-state index in [-0.39, 0.29) is 18.0 Å². The van der Waals surface area contributed by atoms with E-state index >= 15 is 0 Å². The number of nitriles is 1. The van der Waals surface area contributed by atoms with Gasteiger partial charge < -0.3 is 19.6 Å². The van der Waals surface area contributed by atoms with Crippen LogP contribution in [0.2, 0.25) is 0 Å². The van der Waals surface area contributed by atoms with Crippen LogP contribution in [0.5, 0.6) is 5.75 Å². The molecule has 3 atom stereocenters. The average Bonchev–Trinajstić information content (AvgIpc) is 3.36. The highest BCUT2D eigenvalue weighted by molar-refractivity contribution is 5.85. The number of aliphatic hydroxyl groups is 1. The Labute approximate surface area is 218 Å². The molecule has 4 aromatic rings. The monoisotopic (exact) mass is 512 g/mol. The van der Waals surface area contributed by atoms with E-state index in [2.05, 4.69) is 16.1 Å². The Hall–Kier alpha value is -4.49. The molecule has 0 radical (unpaired) electrons. The van der Waals surface area contributed by atoms with E-state index in [1.165, 1.54) is 30.5 Å². The Kier molecular flexibility index (Phi) is 5.93. The Morgan fingerprint density at radius 1 is 1.21 bits per heavy atom. The summed E-state index contributed by atoms with van der Waals surface area (Å²) in [6.07, 6.45) is 4.63. The number of aromatic nitrogens is 3. The summed E-state index contributed by atoms with van der Waals surface area (Å²) >= 11 is 0. The summed E-state index contributed by atoms with van der Waals surface area (Å²) in [4.78, 5) is 21.6. The van der Waals surface area contributed by atoms with E-state index < -0.39 is 11.9 Å². The van der Waals surface area contributed by atoms with Gasteiger partial charge in [0.1, 0.15) is 23.5 Å². The van der Waals surface area contributed by atoms with Crippen molar-refractivity contribution in [3.05, 3.63) is 78.0 Å². The largest absolute Gasteiger partial charge is 0.492 e. The quantitative estimate of drug-likeness (QED) is 0.422. The first-order valence-corrected chi connectivity index (χ1v) is 12.5. The predicted octanol–water partition coefficient (Wildman–Crippen LogP) is 3.33. The first kappa shape index (κ1) is 23.9. The third-order valence-electron chi connectivity index (χ3n) is 7.27. The maximum Gasteiger partial charge on any atom is 0.256 e. The fraction of sp³-hybridized carbons (Fsp3) is 0.286. The van der Waals surface area contributed by atoms with Crippen molar-refractivity contribution in [3.8, 4) is 22.9 Å². The second-order valence-corrected chi connectivity index (χ2v) is 9.54. The third-order valence-corrected chi connectivity index (χ3v) is 7.27. The lowest BCUT2D eigenvalue weighted by Crippen LogP contribution is -2.71. The number of ether oxygens (including phenoxy) is 1. The van der Waals surface area contributed by atoms with Crippen molar-refractivity contribution in [1.82, 2.24) is 19.5 Å². The number of nitrogens with zero attached hydrogens (tertiary/aromatic N) is 6. The Balaban J connectivity index is 1.20. The van der Waals surface area contributed by atoms with Gasteiger partial charge in [-0.25, -0.2) is 13.9 Å². The average molecular weight is 513 g/mol. The highest BCUT2D eigenvalue weighted by atomic mass is 19.1. The number of pyridine rings is 2. The highest BCUT2D eigenvalue weighted by Gasteiger charge is 2.48. The van der Waals surface area contributed by atoms with Crippen molar-refractivity contribution in [2.45, 2.75) is 31.5 Å². The number of fused-ring (bicyclic) bond motifs is 3. The first-order chi connectivity index (χ1) is 18.5. The van der Waals surface area contributed by atoms with E-state index in [1.54, 1.807) is 21.8 Å². The Morgan fingerprint density at radius 3 is 2.63 bits per heavy atom. The van der Waals surface area contributed by atoms with E-state index in [0.717, 1.165) is 23.4 Å². The van der Waals surface area contributed by atoms with E-state index in [1.807, 2.05) is 25.1 Å². The molecule has 38 heavy (non-hydrogen) atoms. The summed E-state index contributed by atoms with van der Waals surface area (Å²) in [5.41, 5.74) is 3.18. The standard InChI is InChI=1S/C28H25FN6O3/c1-2-38-23-10-24(26-19(11-30)13-32-34(26)16-23)18-5-8-25(31-12-18)33-14-21-9-22(15-33)35(21)28(37)27(36)17-3-6-20(29)7-4-17/h3-8,10,12-13,16,21-22,27,36H,2,9,14-15H2,1H3. The molecule has 9 nitrogen and oxygen atoms in total. The zero-order valence-corrected chi connectivity index (χ0v) is 20.7. The van der Waals surface area contributed by atoms with E-state index in [4.69, 9.17) is 9.72 Å². The fourth-order valence-corrected chi connectivity index (χ4v) is 5.46. The lowest BCUT2D eigenvalue weighted by Gasteiger charge is -2.57. The summed E-state index contributed by atoms with van der Waals surface area (Å²) in [7, 11) is 0. The van der Waals surface area contributed by atoms with Gasteiger partial charge in [0.2, 0.25) is 0 Å². The number of anilines is 1. The molecule has 3 aromatic heterocycles. The van der Waals surface area contributed by atoms with Crippen molar-refractivity contribution in [2.24, 2.45) is 0 Å². The molecule has 0 spiro atoms. The van der Waals surface area contributed by atoms with Gasteiger partial charge in [-0.1, -0.05) is 12.1 Å². The zero-order chi connectivity index (χ0) is 26.4.